The minimum Gasteiger partial charge on any atom is -0.391 e. The van der Waals surface area contributed by atoms with Gasteiger partial charge in [-0.2, -0.15) is 0 Å². The van der Waals surface area contributed by atoms with E-state index in [0.29, 0.717) is 38.3 Å². The van der Waals surface area contributed by atoms with Crippen molar-refractivity contribution >= 4 is 55.4 Å². The van der Waals surface area contributed by atoms with Crippen molar-refractivity contribution in [1.82, 2.24) is 14.5 Å². The van der Waals surface area contributed by atoms with Gasteiger partial charge in [-0.1, -0.05) is 36.4 Å². The molecule has 2 aromatic heterocycles. The number of aromatic amines is 1. The van der Waals surface area contributed by atoms with Crippen LogP contribution in [-0.2, 0) is 18.9 Å². The Morgan fingerprint density at radius 1 is 0.978 bits per heavy atom. The van der Waals surface area contributed by atoms with Gasteiger partial charge in [-0.15, -0.1) is 0 Å². The lowest BCUT2D eigenvalue weighted by molar-refractivity contribution is -0.274. The van der Waals surface area contributed by atoms with Crippen molar-refractivity contribution in [2.24, 2.45) is 5.73 Å². The largest absolute Gasteiger partial charge is 0.391 e. The molecule has 0 unspecified atom stereocenters. The van der Waals surface area contributed by atoms with Crippen molar-refractivity contribution < 1.29 is 43.9 Å². The molecule has 8 atom stereocenters. The van der Waals surface area contributed by atoms with E-state index in [1.165, 1.54) is 14.2 Å². The van der Waals surface area contributed by atoms with Gasteiger partial charge < -0.3 is 49.6 Å². The Hall–Kier alpha value is -3.92. The summed E-state index contributed by atoms with van der Waals surface area (Å²) in [7, 11) is 2.88. The zero-order valence-electron chi connectivity index (χ0n) is 25.1. The highest BCUT2D eigenvalue weighted by Gasteiger charge is 2.48. The number of hydrogen-bond acceptors (Lipinski definition) is 10. The number of fused-ring (bicyclic) bond motifs is 10. The van der Waals surface area contributed by atoms with E-state index in [-0.39, 0.29) is 25.2 Å². The number of hydrogen-bond donors (Lipinski definition) is 5. The predicted octanol–water partition coefficient (Wildman–Crippen LogP) is 1.74. The fourth-order valence-corrected chi connectivity index (χ4v) is 7.36. The van der Waals surface area contributed by atoms with Gasteiger partial charge in [0.25, 0.3) is 11.8 Å². The number of para-hydroxylation sites is 2. The van der Waals surface area contributed by atoms with Crippen LogP contribution < -0.4 is 5.73 Å². The molecule has 6 N–H and O–H groups in total. The van der Waals surface area contributed by atoms with Crippen LogP contribution in [0.4, 0.5) is 0 Å². The number of H-pyrrole nitrogens is 1. The summed E-state index contributed by atoms with van der Waals surface area (Å²) in [5.74, 6) is -0.820. The summed E-state index contributed by atoms with van der Waals surface area (Å²) >= 11 is 0. The smallest absolute Gasteiger partial charge is 0.262 e. The number of nitrogens with two attached hydrogens (primary N) is 1. The number of imide groups is 1. The first-order valence-corrected chi connectivity index (χ1v) is 15.2. The second-order valence-corrected chi connectivity index (χ2v) is 12.3. The van der Waals surface area contributed by atoms with Gasteiger partial charge in [0.1, 0.15) is 24.4 Å². The second-order valence-electron chi connectivity index (χ2n) is 12.3. The Labute approximate surface area is 262 Å². The van der Waals surface area contributed by atoms with E-state index in [1.807, 2.05) is 48.5 Å². The summed E-state index contributed by atoms with van der Waals surface area (Å²) in [6, 6.07) is 14.4. The van der Waals surface area contributed by atoms with Crippen molar-refractivity contribution in [1.29, 1.82) is 0 Å². The van der Waals surface area contributed by atoms with Crippen LogP contribution in [0, 0.1) is 0 Å². The lowest BCUT2D eigenvalue weighted by Crippen LogP contribution is -2.58. The van der Waals surface area contributed by atoms with Crippen molar-refractivity contribution in [3.63, 3.8) is 0 Å². The number of nitrogens with zero attached hydrogens (tertiary/aromatic N) is 2. The molecule has 5 aromatic rings. The summed E-state index contributed by atoms with van der Waals surface area (Å²) in [6.45, 7) is 0.0368. The lowest BCUT2D eigenvalue weighted by atomic mass is 9.96. The molecule has 0 bridgehead atoms. The first kappa shape index (κ1) is 29.5. The molecule has 13 nitrogen and oxygen atoms in total. The van der Waals surface area contributed by atoms with Gasteiger partial charge in [0, 0.05) is 47.6 Å². The highest BCUT2D eigenvalue weighted by molar-refractivity contribution is 6.39. The van der Waals surface area contributed by atoms with Crippen LogP contribution in [0.1, 0.15) is 33.4 Å². The van der Waals surface area contributed by atoms with E-state index in [4.69, 9.17) is 24.7 Å². The average Bonchev–Trinajstić information content (AvgIpc) is 3.68. The minimum atomic E-state index is -1.46. The zero-order chi connectivity index (χ0) is 32.0. The topological polar surface area (TPSA) is 182 Å². The van der Waals surface area contributed by atoms with Gasteiger partial charge in [0.2, 0.25) is 0 Å². The van der Waals surface area contributed by atoms with Crippen molar-refractivity contribution in [2.45, 2.75) is 55.5 Å². The first-order valence-electron chi connectivity index (χ1n) is 15.2. The van der Waals surface area contributed by atoms with Gasteiger partial charge in [-0.05, 0) is 12.1 Å². The molecule has 2 saturated heterocycles. The van der Waals surface area contributed by atoms with Gasteiger partial charge in [-0.3, -0.25) is 14.5 Å². The van der Waals surface area contributed by atoms with Crippen LogP contribution >= 0.6 is 0 Å². The number of ether oxygens (including phenoxy) is 4. The van der Waals surface area contributed by atoms with Gasteiger partial charge in [-0.25, -0.2) is 0 Å². The van der Waals surface area contributed by atoms with E-state index in [9.17, 15) is 24.9 Å². The molecule has 3 aliphatic rings. The monoisotopic (exact) mass is 630 g/mol. The molecule has 0 radical (unpaired) electrons. The number of benzene rings is 3. The molecule has 46 heavy (non-hydrogen) atoms. The quantitative estimate of drug-likeness (QED) is 0.180. The van der Waals surface area contributed by atoms with Crippen LogP contribution in [0.25, 0.3) is 43.6 Å². The standard InChI is InChI=1S/C33H34N4O9/c1-36-31(41)24-22-14-7-3-5-9-17(14)35-26(22)27-23(25(24)32(36)42)15-8-4-6-10-18(15)37(27)33-29(40)28(39)30(43-2)20(46-33)13-45-21-11-19(38)16(34)12-44-21/h3-10,16,19-21,28-30,33,35,38-40H,11-13,34H2,1-2H3/t16-,19-,20+,21-,28+,29-,30+,33+/m0/s1. The molecule has 240 valence electrons. The second kappa shape index (κ2) is 10.8. The molecular formula is C33H34N4O9. The third-order valence-electron chi connectivity index (χ3n) is 9.68. The molecule has 2 amide bonds. The predicted molar refractivity (Wildman–Crippen MR) is 166 cm³/mol. The Morgan fingerprint density at radius 3 is 2.41 bits per heavy atom. The van der Waals surface area contributed by atoms with E-state index in [1.54, 1.807) is 4.57 Å². The molecule has 0 saturated carbocycles. The third kappa shape index (κ3) is 4.11. The molecule has 2 fully saturated rings. The summed E-state index contributed by atoms with van der Waals surface area (Å²) in [6.07, 6.45) is -7.22. The highest BCUT2D eigenvalue weighted by atomic mass is 16.7. The molecule has 3 aliphatic heterocycles. The maximum absolute atomic E-state index is 13.8. The van der Waals surface area contributed by atoms with Crippen molar-refractivity contribution in [3.05, 3.63) is 59.7 Å². The molecular weight excluding hydrogens is 596 g/mol. The summed E-state index contributed by atoms with van der Waals surface area (Å²) in [4.78, 5) is 32.0. The van der Waals surface area contributed by atoms with Gasteiger partial charge in [0.15, 0.2) is 12.5 Å². The number of aliphatic hydroxyl groups excluding tert-OH is 3. The Morgan fingerprint density at radius 2 is 1.67 bits per heavy atom. The first-order chi connectivity index (χ1) is 22.2. The molecule has 5 heterocycles. The molecule has 0 spiro atoms. The summed E-state index contributed by atoms with van der Waals surface area (Å²) < 4.78 is 25.5. The van der Waals surface area contributed by atoms with E-state index < -0.39 is 60.9 Å². The van der Waals surface area contributed by atoms with Crippen molar-refractivity contribution in [3.8, 4) is 0 Å². The fourth-order valence-electron chi connectivity index (χ4n) is 7.36. The summed E-state index contributed by atoms with van der Waals surface area (Å²) in [5.41, 5.74) is 8.99. The van der Waals surface area contributed by atoms with Crippen molar-refractivity contribution in [2.75, 3.05) is 27.4 Å². The maximum atomic E-state index is 13.8. The summed E-state index contributed by atoms with van der Waals surface area (Å²) in [5, 5.41) is 35.9. The van der Waals surface area contributed by atoms with Gasteiger partial charge >= 0.3 is 0 Å². The van der Waals surface area contributed by atoms with E-state index in [2.05, 4.69) is 4.98 Å². The average molecular weight is 631 g/mol. The van der Waals surface area contributed by atoms with Crippen LogP contribution in [0.2, 0.25) is 0 Å². The number of amides is 2. The number of rotatable bonds is 5. The molecule has 0 aliphatic carbocycles. The fraction of sp³-hybridized carbons (Fsp3) is 0.394. The third-order valence-corrected chi connectivity index (χ3v) is 9.68. The van der Waals surface area contributed by atoms with Gasteiger partial charge in [0.05, 0.1) is 53.0 Å². The van der Waals surface area contributed by atoms with Crippen LogP contribution in [0.5, 0.6) is 0 Å². The minimum absolute atomic E-state index is 0.0858. The number of carbonyl (C=O) groups is 2. The molecule has 3 aromatic carbocycles. The zero-order valence-corrected chi connectivity index (χ0v) is 25.1. The van der Waals surface area contributed by atoms with Crippen LogP contribution in [0.3, 0.4) is 0 Å². The Balaban J connectivity index is 1.33. The number of aliphatic hydroxyl groups is 3. The molecule has 8 rings (SSSR count). The highest BCUT2D eigenvalue weighted by Crippen LogP contribution is 2.47. The van der Waals surface area contributed by atoms with E-state index >= 15 is 0 Å². The number of aromatic nitrogens is 2. The SMILES string of the molecule is CO[C@H]1[C@H](O)[C@H](O)[C@H](n2c3ccccc3c3c4c(c5c6ccccc6[nH]c5c32)C(=O)N(C)C4=O)O[C@@H]1CO[C@H]1C[C@H](O)[C@@H](N)CO1. The van der Waals surface area contributed by atoms with E-state index in [0.717, 1.165) is 15.8 Å². The maximum Gasteiger partial charge on any atom is 0.262 e. The molecule has 13 heteroatoms. The Kier molecular flexibility index (Phi) is 6.94. The Bertz CT molecular complexity index is 2040. The number of carbonyl (C=O) groups excluding carboxylic acids is 2. The number of nitrogens with one attached hydrogen (secondary N) is 1. The van der Waals surface area contributed by atoms with Crippen LogP contribution in [0.15, 0.2) is 48.5 Å². The number of methoxy groups -OCH3 is 1. The lowest BCUT2D eigenvalue weighted by Gasteiger charge is -2.43. The van der Waals surface area contributed by atoms with Crippen LogP contribution in [-0.4, -0.2) is 112 Å². The normalized spacial score (nSPS) is 30.3.